The maximum absolute atomic E-state index is 11.5. The van der Waals surface area contributed by atoms with Crippen LogP contribution in [0.5, 0.6) is 0 Å². The van der Waals surface area contributed by atoms with Crippen LogP contribution >= 0.6 is 11.3 Å². The van der Waals surface area contributed by atoms with Crippen molar-refractivity contribution in [1.82, 2.24) is 4.98 Å². The number of nitrogens with zero attached hydrogens (tertiary/aromatic N) is 1. The molecule has 16 heavy (non-hydrogen) atoms. The fourth-order valence-corrected chi connectivity index (χ4v) is 3.61. The summed E-state index contributed by atoms with van der Waals surface area (Å²) in [5, 5.41) is 0.167. The van der Waals surface area contributed by atoms with Crippen molar-refractivity contribution in [3.63, 3.8) is 0 Å². The van der Waals surface area contributed by atoms with Crippen molar-refractivity contribution in [3.8, 4) is 0 Å². The Kier molecular flexibility index (Phi) is 3.07. The molecular weight excluding hydrogens is 244 g/mol. The highest BCUT2D eigenvalue weighted by Crippen LogP contribution is 2.43. The lowest BCUT2D eigenvalue weighted by Crippen LogP contribution is -2.07. The van der Waals surface area contributed by atoms with E-state index in [1.807, 2.05) is 0 Å². The van der Waals surface area contributed by atoms with Gasteiger partial charge in [0.1, 0.15) is 10.3 Å². The first-order valence-corrected chi connectivity index (χ1v) is 8.09. The number of hydrogen-bond donors (Lipinski definition) is 1. The van der Waals surface area contributed by atoms with Gasteiger partial charge in [0, 0.05) is 23.6 Å². The van der Waals surface area contributed by atoms with E-state index in [4.69, 9.17) is 5.73 Å². The van der Waals surface area contributed by atoms with Crippen LogP contribution in [0.25, 0.3) is 0 Å². The molecule has 0 spiro atoms. The van der Waals surface area contributed by atoms with Crippen LogP contribution < -0.4 is 5.73 Å². The van der Waals surface area contributed by atoms with E-state index in [9.17, 15) is 8.42 Å². The number of sulfone groups is 1. The summed E-state index contributed by atoms with van der Waals surface area (Å²) in [5.74, 6) is 0.523. The zero-order valence-electron chi connectivity index (χ0n) is 9.43. The molecule has 1 aliphatic carbocycles. The highest BCUT2D eigenvalue weighted by molar-refractivity contribution is 7.91. The minimum Gasteiger partial charge on any atom is -0.326 e. The van der Waals surface area contributed by atoms with E-state index in [1.54, 1.807) is 6.92 Å². The van der Waals surface area contributed by atoms with Crippen LogP contribution in [-0.2, 0) is 16.4 Å². The summed E-state index contributed by atoms with van der Waals surface area (Å²) in [6.45, 7) is 2.14. The molecule has 1 heterocycles. The second-order valence-corrected chi connectivity index (χ2v) is 7.79. The lowest BCUT2D eigenvalue weighted by molar-refractivity contribution is 0.592. The molecule has 2 N–H and O–H groups in total. The maximum atomic E-state index is 11.5. The van der Waals surface area contributed by atoms with Crippen molar-refractivity contribution in [3.05, 3.63) is 15.6 Å². The SMILES string of the molecule is CC(c1nc(C2CC2)c(CN)s1)S(C)(=O)=O. The molecule has 0 aliphatic heterocycles. The van der Waals surface area contributed by atoms with E-state index in [-0.39, 0.29) is 0 Å². The first-order chi connectivity index (χ1) is 7.43. The molecule has 0 radical (unpaired) electrons. The third kappa shape index (κ3) is 2.28. The second kappa shape index (κ2) is 4.09. The van der Waals surface area contributed by atoms with E-state index in [1.165, 1.54) is 17.6 Å². The standard InChI is InChI=1S/C10H16N2O2S2/c1-6(16(2,13)14)10-12-9(7-3-4-7)8(5-11)15-10/h6-7H,3-5,11H2,1-2H3. The molecule has 1 fully saturated rings. The zero-order chi connectivity index (χ0) is 11.9. The molecule has 1 atom stereocenters. The zero-order valence-corrected chi connectivity index (χ0v) is 11.1. The summed E-state index contributed by atoms with van der Waals surface area (Å²) >= 11 is 1.45. The van der Waals surface area contributed by atoms with Crippen LogP contribution in [0.4, 0.5) is 0 Å². The number of thiazole rings is 1. The highest BCUT2D eigenvalue weighted by atomic mass is 32.2. The molecule has 1 aromatic rings. The third-order valence-electron chi connectivity index (χ3n) is 2.88. The molecule has 1 aliphatic rings. The van der Waals surface area contributed by atoms with Gasteiger partial charge in [0.2, 0.25) is 0 Å². The summed E-state index contributed by atoms with van der Waals surface area (Å²) in [4.78, 5) is 5.52. The Balaban J connectivity index is 2.35. The fourth-order valence-electron chi connectivity index (χ4n) is 1.56. The molecule has 2 rings (SSSR count). The minimum atomic E-state index is -3.07. The Labute approximate surface area is 99.8 Å². The number of nitrogens with two attached hydrogens (primary N) is 1. The Hall–Kier alpha value is -0.460. The smallest absolute Gasteiger partial charge is 0.156 e. The van der Waals surface area contributed by atoms with E-state index in [0.29, 0.717) is 17.5 Å². The van der Waals surface area contributed by atoms with E-state index in [2.05, 4.69) is 4.98 Å². The molecule has 0 amide bonds. The molecule has 0 saturated heterocycles. The minimum absolute atomic E-state index is 0.458. The fraction of sp³-hybridized carbons (Fsp3) is 0.700. The van der Waals surface area contributed by atoms with Crippen LogP contribution in [0.15, 0.2) is 0 Å². The van der Waals surface area contributed by atoms with E-state index >= 15 is 0 Å². The largest absolute Gasteiger partial charge is 0.326 e. The van der Waals surface area contributed by atoms with Crippen LogP contribution in [0.3, 0.4) is 0 Å². The lowest BCUT2D eigenvalue weighted by atomic mass is 10.2. The number of hydrogen-bond acceptors (Lipinski definition) is 5. The van der Waals surface area contributed by atoms with Gasteiger partial charge in [-0.25, -0.2) is 13.4 Å². The van der Waals surface area contributed by atoms with Crippen molar-refractivity contribution in [2.45, 2.75) is 37.5 Å². The van der Waals surface area contributed by atoms with E-state index in [0.717, 1.165) is 23.4 Å². The van der Waals surface area contributed by atoms with Crippen molar-refractivity contribution in [1.29, 1.82) is 0 Å². The van der Waals surface area contributed by atoms with E-state index < -0.39 is 15.1 Å². The molecule has 1 saturated carbocycles. The van der Waals surface area contributed by atoms with Crippen LogP contribution in [0.2, 0.25) is 0 Å². The molecule has 1 unspecified atom stereocenters. The van der Waals surface area contributed by atoms with Gasteiger partial charge in [-0.1, -0.05) is 0 Å². The number of aromatic nitrogens is 1. The van der Waals surface area contributed by atoms with Gasteiger partial charge in [-0.05, 0) is 19.8 Å². The normalized spacial score (nSPS) is 18.7. The summed E-state index contributed by atoms with van der Waals surface area (Å²) in [7, 11) is -3.07. The van der Waals surface area contributed by atoms with Gasteiger partial charge in [-0.3, -0.25) is 0 Å². The Morgan fingerprint density at radius 3 is 2.62 bits per heavy atom. The van der Waals surface area contributed by atoms with Gasteiger partial charge >= 0.3 is 0 Å². The van der Waals surface area contributed by atoms with Gasteiger partial charge in [0.15, 0.2) is 9.84 Å². The predicted octanol–water partition coefficient (Wildman–Crippen LogP) is 1.58. The first kappa shape index (κ1) is 12.0. The van der Waals surface area contributed by atoms with Crippen LogP contribution in [0.1, 0.15) is 46.5 Å². The molecule has 6 heteroatoms. The van der Waals surface area contributed by atoms with Gasteiger partial charge in [-0.2, -0.15) is 0 Å². The predicted molar refractivity (Wildman–Crippen MR) is 65.2 cm³/mol. The summed E-state index contributed by atoms with van der Waals surface area (Å²) in [6.07, 6.45) is 3.56. The monoisotopic (exact) mass is 260 g/mol. The topological polar surface area (TPSA) is 73.0 Å². The highest BCUT2D eigenvalue weighted by Gasteiger charge is 2.31. The summed E-state index contributed by atoms with van der Waals surface area (Å²) < 4.78 is 22.9. The Bertz CT molecular complexity index is 489. The first-order valence-electron chi connectivity index (χ1n) is 5.32. The van der Waals surface area contributed by atoms with Crippen LogP contribution in [0, 0.1) is 0 Å². The molecule has 0 aromatic carbocycles. The second-order valence-electron chi connectivity index (χ2n) is 4.31. The lowest BCUT2D eigenvalue weighted by Gasteiger charge is -2.03. The third-order valence-corrected chi connectivity index (χ3v) is 5.82. The average Bonchev–Trinajstić information content (AvgIpc) is 2.95. The summed E-state index contributed by atoms with van der Waals surface area (Å²) in [5.41, 5.74) is 6.70. The van der Waals surface area contributed by atoms with Crippen molar-refractivity contribution >= 4 is 21.2 Å². The quantitative estimate of drug-likeness (QED) is 0.892. The van der Waals surface area contributed by atoms with Gasteiger partial charge in [-0.15, -0.1) is 11.3 Å². The van der Waals surface area contributed by atoms with Crippen LogP contribution in [-0.4, -0.2) is 19.7 Å². The molecule has 90 valence electrons. The van der Waals surface area contributed by atoms with Gasteiger partial charge in [0.05, 0.1) is 5.69 Å². The average molecular weight is 260 g/mol. The van der Waals surface area contributed by atoms with Crippen molar-refractivity contribution < 1.29 is 8.42 Å². The van der Waals surface area contributed by atoms with Gasteiger partial charge < -0.3 is 5.73 Å². The molecular formula is C10H16N2O2S2. The van der Waals surface area contributed by atoms with Gasteiger partial charge in [0.25, 0.3) is 0 Å². The summed E-state index contributed by atoms with van der Waals surface area (Å²) in [6, 6.07) is 0. The number of rotatable bonds is 4. The Morgan fingerprint density at radius 2 is 2.19 bits per heavy atom. The molecule has 0 bridgehead atoms. The van der Waals surface area contributed by atoms with Crippen molar-refractivity contribution in [2.24, 2.45) is 5.73 Å². The van der Waals surface area contributed by atoms with Crippen molar-refractivity contribution in [2.75, 3.05) is 6.26 Å². The molecule has 4 nitrogen and oxygen atoms in total. The molecule has 1 aromatic heterocycles. The Morgan fingerprint density at radius 1 is 1.56 bits per heavy atom. The maximum Gasteiger partial charge on any atom is 0.156 e.